The number of rotatable bonds is 12. The molecule has 0 bridgehead atoms. The molecule has 0 unspecified atom stereocenters. The van der Waals surface area contributed by atoms with Crippen molar-refractivity contribution >= 4 is 45.1 Å². The SMILES string of the molecule is NCCNCCC[Si](O[Si]O[Si]O[Si])C(=O)O. The molecule has 11 heteroatoms. The van der Waals surface area contributed by atoms with E-state index in [0.29, 0.717) is 12.6 Å². The van der Waals surface area contributed by atoms with E-state index in [1.807, 2.05) is 0 Å². The van der Waals surface area contributed by atoms with Crippen LogP contribution in [-0.2, 0) is 12.3 Å². The number of hydrogen-bond acceptors (Lipinski definition) is 6. The van der Waals surface area contributed by atoms with Gasteiger partial charge < -0.3 is 28.5 Å². The largest absolute Gasteiger partial charge is 0.484 e. The van der Waals surface area contributed by atoms with Crippen LogP contribution in [0.25, 0.3) is 0 Å². The van der Waals surface area contributed by atoms with Gasteiger partial charge in [-0.2, -0.15) is 0 Å². The van der Waals surface area contributed by atoms with Gasteiger partial charge in [0.15, 0.2) is 0 Å². The predicted octanol–water partition coefficient (Wildman–Crippen LogP) is -1.62. The molecule has 0 aromatic heterocycles. The van der Waals surface area contributed by atoms with Gasteiger partial charge in [0.25, 0.3) is 0 Å². The lowest BCUT2D eigenvalue weighted by molar-refractivity contribution is 0.215. The van der Waals surface area contributed by atoms with Crippen molar-refractivity contribution in [1.29, 1.82) is 0 Å². The first-order valence-corrected chi connectivity index (χ1v) is 8.53. The summed E-state index contributed by atoms with van der Waals surface area (Å²) in [7, 11) is 0.416. The first-order chi connectivity index (χ1) is 8.22. The maximum Gasteiger partial charge on any atom is 0.411 e. The Morgan fingerprint density at radius 2 is 2.24 bits per heavy atom. The van der Waals surface area contributed by atoms with Gasteiger partial charge >= 0.3 is 34.6 Å². The van der Waals surface area contributed by atoms with Crippen LogP contribution in [0.15, 0.2) is 0 Å². The van der Waals surface area contributed by atoms with Crippen molar-refractivity contribution in [3.8, 4) is 0 Å². The maximum absolute atomic E-state index is 10.9. The topological polar surface area (TPSA) is 103 Å². The molecule has 8 radical (unpaired) electrons. The molecule has 17 heavy (non-hydrogen) atoms. The molecule has 0 aliphatic carbocycles. The maximum atomic E-state index is 10.9. The van der Waals surface area contributed by atoms with E-state index in [-0.39, 0.29) is 20.0 Å². The fourth-order valence-corrected chi connectivity index (χ4v) is 4.00. The van der Waals surface area contributed by atoms with Crippen molar-refractivity contribution in [3.05, 3.63) is 0 Å². The average Bonchev–Trinajstić information content (AvgIpc) is 2.31. The van der Waals surface area contributed by atoms with Gasteiger partial charge in [0.2, 0.25) is 10.5 Å². The van der Waals surface area contributed by atoms with Gasteiger partial charge in [0, 0.05) is 13.1 Å². The minimum absolute atomic E-state index is 0.192. The number of carboxylic acid groups (broad SMARTS) is 1. The third kappa shape index (κ3) is 11.0. The van der Waals surface area contributed by atoms with Crippen LogP contribution >= 0.6 is 0 Å². The summed E-state index contributed by atoms with van der Waals surface area (Å²) in [5.74, 6) is 0. The minimum atomic E-state index is -1.86. The Morgan fingerprint density at radius 1 is 1.47 bits per heavy atom. The standard InChI is InChI=1S/C6H14N2O5Si4/c7-2-4-8-3-1-5-17(6(9)10)13-16-12-15-11-14/h8H,1-5,7H2,(H,9,10). The van der Waals surface area contributed by atoms with Gasteiger partial charge in [-0.1, -0.05) is 0 Å². The van der Waals surface area contributed by atoms with Crippen molar-refractivity contribution < 1.29 is 22.2 Å². The second kappa shape index (κ2) is 12.6. The predicted molar refractivity (Wildman–Crippen MR) is 65.6 cm³/mol. The van der Waals surface area contributed by atoms with Crippen LogP contribution in [0.4, 0.5) is 4.79 Å². The number of nitrogens with one attached hydrogen (secondary N) is 1. The van der Waals surface area contributed by atoms with Crippen molar-refractivity contribution in [3.63, 3.8) is 0 Å². The molecule has 0 spiro atoms. The smallest absolute Gasteiger partial charge is 0.411 e. The molecule has 0 fully saturated rings. The molecule has 0 rings (SSSR count). The summed E-state index contributed by atoms with van der Waals surface area (Å²) in [6.45, 7) is 2.07. The van der Waals surface area contributed by atoms with Crippen LogP contribution in [0.5, 0.6) is 0 Å². The zero-order chi connectivity index (χ0) is 12.9. The average molecular weight is 307 g/mol. The van der Waals surface area contributed by atoms with Crippen molar-refractivity contribution in [2.75, 3.05) is 19.6 Å². The summed E-state index contributed by atoms with van der Waals surface area (Å²) in [5, 5.41) is 12.0. The van der Waals surface area contributed by atoms with E-state index in [0.717, 1.165) is 19.5 Å². The molecule has 0 amide bonds. The van der Waals surface area contributed by atoms with Crippen LogP contribution in [0.3, 0.4) is 0 Å². The highest BCUT2D eigenvalue weighted by molar-refractivity contribution is 6.85. The van der Waals surface area contributed by atoms with E-state index in [4.69, 9.17) is 19.1 Å². The lowest BCUT2D eigenvalue weighted by Crippen LogP contribution is -2.32. The summed E-state index contributed by atoms with van der Waals surface area (Å²) < 4.78 is 14.6. The van der Waals surface area contributed by atoms with E-state index < -0.39 is 14.6 Å². The molecular formula is C6H14N2O5Si4. The molecule has 4 N–H and O–H groups in total. The monoisotopic (exact) mass is 306 g/mol. The Kier molecular flexibility index (Phi) is 12.7. The highest BCUT2D eigenvalue weighted by atomic mass is 28.4. The van der Waals surface area contributed by atoms with Crippen LogP contribution in [0.2, 0.25) is 6.04 Å². The quantitative estimate of drug-likeness (QED) is 0.294. The summed E-state index contributed by atoms with van der Waals surface area (Å²) in [6.07, 6.45) is 0.752. The van der Waals surface area contributed by atoms with Crippen LogP contribution in [0.1, 0.15) is 6.42 Å². The summed E-state index contributed by atoms with van der Waals surface area (Å²) >= 11 is 0. The lowest BCUT2D eigenvalue weighted by Gasteiger charge is -2.09. The lowest BCUT2D eigenvalue weighted by atomic mass is 10.5. The third-order valence-corrected chi connectivity index (χ3v) is 5.21. The molecule has 7 nitrogen and oxygen atoms in total. The van der Waals surface area contributed by atoms with Crippen LogP contribution in [-0.4, -0.2) is 69.9 Å². The van der Waals surface area contributed by atoms with E-state index in [9.17, 15) is 4.79 Å². The fourth-order valence-electron chi connectivity index (χ4n) is 0.912. The first kappa shape index (κ1) is 17.1. The third-order valence-electron chi connectivity index (χ3n) is 1.61. The Morgan fingerprint density at radius 3 is 2.82 bits per heavy atom. The number of nitrogens with two attached hydrogens (primary N) is 1. The molecule has 0 aromatic rings. The summed E-state index contributed by atoms with van der Waals surface area (Å²) in [4.78, 5) is 10.9. The molecular weight excluding hydrogens is 292 g/mol. The molecule has 0 saturated carbocycles. The first-order valence-electron chi connectivity index (χ1n) is 4.87. The van der Waals surface area contributed by atoms with Gasteiger partial charge in [-0.05, 0) is 19.0 Å². The summed E-state index contributed by atoms with van der Waals surface area (Å²) in [6, 6.07) is 0.534. The van der Waals surface area contributed by atoms with Gasteiger partial charge in [-0.15, -0.1) is 0 Å². The Bertz CT molecular complexity index is 201. The van der Waals surface area contributed by atoms with E-state index in [1.165, 1.54) is 0 Å². The normalized spacial score (nSPS) is 11.0. The van der Waals surface area contributed by atoms with Gasteiger partial charge in [0.05, 0.1) is 0 Å². The van der Waals surface area contributed by atoms with Crippen LogP contribution in [0, 0.1) is 0 Å². The Hall–Kier alpha value is 0.138. The highest BCUT2D eigenvalue weighted by Crippen LogP contribution is 2.00. The molecule has 0 atom stereocenters. The van der Waals surface area contributed by atoms with Crippen LogP contribution < -0.4 is 11.1 Å². The second-order valence-corrected chi connectivity index (χ2v) is 7.40. The fraction of sp³-hybridized carbons (Fsp3) is 0.833. The van der Waals surface area contributed by atoms with Crippen molar-refractivity contribution in [2.24, 2.45) is 5.73 Å². The molecule has 0 aromatic carbocycles. The zero-order valence-electron chi connectivity index (χ0n) is 9.19. The van der Waals surface area contributed by atoms with Crippen molar-refractivity contribution in [1.82, 2.24) is 5.32 Å². The highest BCUT2D eigenvalue weighted by Gasteiger charge is 2.23. The molecule has 0 aliphatic heterocycles. The van der Waals surface area contributed by atoms with Gasteiger partial charge in [-0.25, -0.2) is 0 Å². The molecule has 0 heterocycles. The van der Waals surface area contributed by atoms with E-state index >= 15 is 0 Å². The van der Waals surface area contributed by atoms with Gasteiger partial charge in [-0.3, -0.25) is 4.79 Å². The number of hydrogen-bond donors (Lipinski definition) is 3. The van der Waals surface area contributed by atoms with Gasteiger partial charge in [0.1, 0.15) is 0 Å². The summed E-state index contributed by atoms with van der Waals surface area (Å²) in [5.41, 5.74) is 4.43. The number of carbonyl (C=O) groups is 1. The minimum Gasteiger partial charge on any atom is -0.484 e. The van der Waals surface area contributed by atoms with E-state index in [2.05, 4.69) is 19.9 Å². The Labute approximate surface area is 111 Å². The second-order valence-electron chi connectivity index (χ2n) is 2.84. The van der Waals surface area contributed by atoms with E-state index in [1.54, 1.807) is 0 Å². The van der Waals surface area contributed by atoms with Crippen molar-refractivity contribution in [2.45, 2.75) is 12.5 Å². The Balaban J connectivity index is 3.57. The molecule has 94 valence electrons. The molecule has 0 saturated heterocycles. The zero-order valence-corrected chi connectivity index (χ0v) is 13.2. The molecule has 0 aliphatic rings.